The molecule has 2 aliphatic heterocycles. The van der Waals surface area contributed by atoms with Gasteiger partial charge in [-0.2, -0.15) is 0 Å². The van der Waals surface area contributed by atoms with Crippen LogP contribution >= 0.6 is 0 Å². The van der Waals surface area contributed by atoms with Gasteiger partial charge >= 0.3 is 0 Å². The summed E-state index contributed by atoms with van der Waals surface area (Å²) in [7, 11) is 0. The van der Waals surface area contributed by atoms with E-state index in [0.717, 1.165) is 37.3 Å². The first-order valence-electron chi connectivity index (χ1n) is 9.32. The van der Waals surface area contributed by atoms with Crippen LogP contribution in [-0.4, -0.2) is 58.3 Å². The summed E-state index contributed by atoms with van der Waals surface area (Å²) in [6.07, 6.45) is 4.52. The number of para-hydroxylation sites is 1. The summed E-state index contributed by atoms with van der Waals surface area (Å²) in [6.45, 7) is 4.72. The largest absolute Gasteiger partial charge is 0.325 e. The molecule has 2 aromatic rings. The van der Waals surface area contributed by atoms with Gasteiger partial charge in [0.2, 0.25) is 11.8 Å². The second-order valence-electron chi connectivity index (χ2n) is 7.47. The molecule has 1 spiro atoms. The summed E-state index contributed by atoms with van der Waals surface area (Å²) in [5, 5.41) is 0. The van der Waals surface area contributed by atoms with Crippen molar-refractivity contribution in [3.05, 3.63) is 60.4 Å². The zero-order chi connectivity index (χ0) is 18.9. The molecule has 2 fully saturated rings. The fraction of sp³-hybridized carbons (Fsp3) is 0.381. The van der Waals surface area contributed by atoms with Gasteiger partial charge in [0.25, 0.3) is 0 Å². The number of aromatic nitrogens is 1. The minimum atomic E-state index is -0.336. The van der Waals surface area contributed by atoms with E-state index in [1.165, 1.54) is 0 Å². The molecule has 0 unspecified atom stereocenters. The Morgan fingerprint density at radius 1 is 1.15 bits per heavy atom. The molecule has 0 saturated carbocycles. The molecule has 0 bridgehead atoms. The Morgan fingerprint density at radius 3 is 2.67 bits per heavy atom. The van der Waals surface area contributed by atoms with Crippen molar-refractivity contribution >= 4 is 17.5 Å². The minimum absolute atomic E-state index is 0.0206. The Morgan fingerprint density at radius 2 is 1.96 bits per heavy atom. The number of anilines is 1. The van der Waals surface area contributed by atoms with Gasteiger partial charge in [0.05, 0.1) is 12.1 Å². The average molecular weight is 364 g/mol. The molecule has 3 heterocycles. The maximum absolute atomic E-state index is 12.7. The molecule has 2 aliphatic rings. The zero-order valence-corrected chi connectivity index (χ0v) is 15.5. The Labute approximate surface area is 159 Å². The molecule has 6 nitrogen and oxygen atoms in total. The van der Waals surface area contributed by atoms with Crippen molar-refractivity contribution in [1.29, 1.82) is 0 Å². The number of likely N-dealkylation sites (tertiary alicyclic amines) is 1. The lowest BCUT2D eigenvalue weighted by Crippen LogP contribution is -2.66. The number of nitrogens with zero attached hydrogens (tertiary/aromatic N) is 4. The minimum Gasteiger partial charge on any atom is -0.325 e. The van der Waals surface area contributed by atoms with Crippen molar-refractivity contribution in [1.82, 2.24) is 14.8 Å². The summed E-state index contributed by atoms with van der Waals surface area (Å²) in [6, 6.07) is 13.8. The van der Waals surface area contributed by atoms with Crippen molar-refractivity contribution in [3.63, 3.8) is 0 Å². The number of benzene rings is 1. The quantitative estimate of drug-likeness (QED) is 0.835. The van der Waals surface area contributed by atoms with E-state index in [9.17, 15) is 9.59 Å². The SMILES string of the molecule is CC(=O)N1CC(=O)N(c2ccccc2)C[C@@]12CCN(Cc1cccnc1)C2. The van der Waals surface area contributed by atoms with Gasteiger partial charge in [0.15, 0.2) is 0 Å². The van der Waals surface area contributed by atoms with Gasteiger partial charge in [-0.3, -0.25) is 19.5 Å². The second-order valence-corrected chi connectivity index (χ2v) is 7.47. The molecule has 1 aromatic carbocycles. The highest BCUT2D eigenvalue weighted by atomic mass is 16.2. The number of pyridine rings is 1. The van der Waals surface area contributed by atoms with Crippen LogP contribution in [0.1, 0.15) is 18.9 Å². The Kier molecular flexibility index (Phi) is 4.66. The Bertz CT molecular complexity index is 827. The van der Waals surface area contributed by atoms with Gasteiger partial charge in [-0.15, -0.1) is 0 Å². The molecule has 0 N–H and O–H groups in total. The van der Waals surface area contributed by atoms with Crippen molar-refractivity contribution < 1.29 is 9.59 Å². The Hall–Kier alpha value is -2.73. The monoisotopic (exact) mass is 364 g/mol. The summed E-state index contributed by atoms with van der Waals surface area (Å²) in [4.78, 5) is 35.2. The first-order chi connectivity index (χ1) is 13.1. The number of hydrogen-bond donors (Lipinski definition) is 0. The third kappa shape index (κ3) is 3.45. The van der Waals surface area contributed by atoms with Gasteiger partial charge in [-0.25, -0.2) is 0 Å². The molecule has 4 rings (SSSR count). The zero-order valence-electron chi connectivity index (χ0n) is 15.5. The molecule has 0 radical (unpaired) electrons. The number of carbonyl (C=O) groups is 2. The molecule has 2 amide bonds. The lowest BCUT2D eigenvalue weighted by Gasteiger charge is -2.48. The van der Waals surface area contributed by atoms with E-state index in [1.807, 2.05) is 47.5 Å². The molecule has 6 heteroatoms. The van der Waals surface area contributed by atoms with Crippen LogP contribution in [0.4, 0.5) is 5.69 Å². The summed E-state index contributed by atoms with van der Waals surface area (Å²) in [5.41, 5.74) is 1.73. The van der Waals surface area contributed by atoms with E-state index in [1.54, 1.807) is 18.0 Å². The van der Waals surface area contributed by atoms with Gasteiger partial charge in [-0.05, 0) is 30.2 Å². The first-order valence-corrected chi connectivity index (χ1v) is 9.32. The molecule has 0 aliphatic carbocycles. The van der Waals surface area contributed by atoms with Crippen molar-refractivity contribution in [3.8, 4) is 0 Å². The molecule has 140 valence electrons. The predicted octanol–water partition coefficient (Wildman–Crippen LogP) is 1.92. The highest BCUT2D eigenvalue weighted by Crippen LogP contribution is 2.35. The molecule has 1 aromatic heterocycles. The highest BCUT2D eigenvalue weighted by molar-refractivity contribution is 5.98. The Balaban J connectivity index is 1.58. The lowest BCUT2D eigenvalue weighted by molar-refractivity contribution is -0.142. The second kappa shape index (κ2) is 7.12. The molecular formula is C21H24N4O2. The summed E-state index contributed by atoms with van der Waals surface area (Å²) in [5.74, 6) is -0.0491. The van der Waals surface area contributed by atoms with Crippen molar-refractivity contribution in [2.24, 2.45) is 0 Å². The molecule has 27 heavy (non-hydrogen) atoms. The summed E-state index contributed by atoms with van der Waals surface area (Å²) >= 11 is 0. The van der Waals surface area contributed by atoms with Crippen LogP contribution in [0.25, 0.3) is 0 Å². The standard InChI is InChI=1S/C21H24N4O2/c1-17(26)25-14-20(27)24(19-7-3-2-4-8-19)16-21(25)9-11-23(15-21)13-18-6-5-10-22-12-18/h2-8,10,12H,9,11,13-16H2,1H3/t21-/m0/s1. The number of rotatable bonds is 3. The highest BCUT2D eigenvalue weighted by Gasteiger charge is 2.50. The lowest BCUT2D eigenvalue weighted by atomic mass is 9.91. The van der Waals surface area contributed by atoms with Gasteiger partial charge in [0.1, 0.15) is 6.54 Å². The molecule has 2 saturated heterocycles. The predicted molar refractivity (Wildman–Crippen MR) is 103 cm³/mol. The smallest absolute Gasteiger partial charge is 0.246 e. The van der Waals surface area contributed by atoms with Crippen molar-refractivity contribution in [2.45, 2.75) is 25.4 Å². The first kappa shape index (κ1) is 17.7. The maximum atomic E-state index is 12.7. The number of piperazine rings is 1. The van der Waals surface area contributed by atoms with Gasteiger partial charge in [-0.1, -0.05) is 24.3 Å². The molecular weight excluding hydrogens is 340 g/mol. The van der Waals surface area contributed by atoms with Crippen LogP contribution in [-0.2, 0) is 16.1 Å². The normalized spacial score (nSPS) is 23.2. The fourth-order valence-electron chi connectivity index (χ4n) is 4.32. The van der Waals surface area contributed by atoms with E-state index in [2.05, 4.69) is 16.0 Å². The maximum Gasteiger partial charge on any atom is 0.246 e. The topological polar surface area (TPSA) is 56.8 Å². The number of carbonyl (C=O) groups excluding carboxylic acids is 2. The van der Waals surface area contributed by atoms with Crippen LogP contribution in [0.2, 0.25) is 0 Å². The molecule has 1 atom stereocenters. The van der Waals surface area contributed by atoms with E-state index < -0.39 is 0 Å². The van der Waals surface area contributed by atoms with Crippen LogP contribution in [0, 0.1) is 0 Å². The number of amides is 2. The van der Waals surface area contributed by atoms with E-state index >= 15 is 0 Å². The van der Waals surface area contributed by atoms with Crippen molar-refractivity contribution in [2.75, 3.05) is 31.1 Å². The van der Waals surface area contributed by atoms with E-state index in [4.69, 9.17) is 0 Å². The van der Waals surface area contributed by atoms with Crippen LogP contribution < -0.4 is 4.90 Å². The third-order valence-electron chi connectivity index (χ3n) is 5.61. The van der Waals surface area contributed by atoms with E-state index in [0.29, 0.717) is 6.54 Å². The fourth-order valence-corrected chi connectivity index (χ4v) is 4.32. The van der Waals surface area contributed by atoms with Gasteiger partial charge in [0, 0.05) is 44.6 Å². The van der Waals surface area contributed by atoms with Crippen LogP contribution in [0.3, 0.4) is 0 Å². The van der Waals surface area contributed by atoms with Crippen LogP contribution in [0.15, 0.2) is 54.9 Å². The van der Waals surface area contributed by atoms with E-state index in [-0.39, 0.29) is 23.9 Å². The average Bonchev–Trinajstić information content (AvgIpc) is 3.07. The third-order valence-corrected chi connectivity index (χ3v) is 5.61. The summed E-state index contributed by atoms with van der Waals surface area (Å²) < 4.78 is 0. The van der Waals surface area contributed by atoms with Crippen LogP contribution in [0.5, 0.6) is 0 Å². The number of hydrogen-bond acceptors (Lipinski definition) is 4. The van der Waals surface area contributed by atoms with Gasteiger partial charge < -0.3 is 9.80 Å².